The van der Waals surface area contributed by atoms with Crippen LogP contribution in [0.5, 0.6) is 11.5 Å². The third kappa shape index (κ3) is 3.32. The van der Waals surface area contributed by atoms with Gasteiger partial charge in [0.1, 0.15) is 0 Å². The SMILES string of the molecule is CN(CCC(N)=S)C(=O)c1cccc(O)c1O. The summed E-state index contributed by atoms with van der Waals surface area (Å²) in [5.74, 6) is -1.13. The number of hydrogen-bond acceptors (Lipinski definition) is 4. The van der Waals surface area contributed by atoms with Crippen LogP contribution in [0.4, 0.5) is 0 Å². The molecule has 4 N–H and O–H groups in total. The molecule has 0 spiro atoms. The zero-order chi connectivity index (χ0) is 13.0. The van der Waals surface area contributed by atoms with Crippen LogP contribution in [0.1, 0.15) is 16.8 Å². The zero-order valence-corrected chi connectivity index (χ0v) is 10.2. The number of aromatic hydroxyl groups is 2. The number of nitrogens with two attached hydrogens (primary N) is 1. The molecule has 0 saturated heterocycles. The van der Waals surface area contributed by atoms with Gasteiger partial charge in [-0.1, -0.05) is 18.3 Å². The average molecular weight is 254 g/mol. The highest BCUT2D eigenvalue weighted by molar-refractivity contribution is 7.80. The predicted molar refractivity (Wildman–Crippen MR) is 68.1 cm³/mol. The first-order chi connectivity index (χ1) is 7.93. The fraction of sp³-hybridized carbons (Fsp3) is 0.273. The molecule has 0 unspecified atom stereocenters. The van der Waals surface area contributed by atoms with E-state index in [-0.39, 0.29) is 11.3 Å². The number of thiocarbonyl (C=S) groups is 1. The highest BCUT2D eigenvalue weighted by atomic mass is 32.1. The van der Waals surface area contributed by atoms with E-state index < -0.39 is 11.7 Å². The van der Waals surface area contributed by atoms with Crippen LogP contribution in [-0.2, 0) is 0 Å². The molecule has 1 aromatic rings. The van der Waals surface area contributed by atoms with Crippen LogP contribution in [0.25, 0.3) is 0 Å². The molecule has 0 aliphatic rings. The van der Waals surface area contributed by atoms with Gasteiger partial charge in [-0.15, -0.1) is 0 Å². The van der Waals surface area contributed by atoms with Gasteiger partial charge in [0.05, 0.1) is 10.6 Å². The zero-order valence-electron chi connectivity index (χ0n) is 9.38. The summed E-state index contributed by atoms with van der Waals surface area (Å²) >= 11 is 4.71. The van der Waals surface area contributed by atoms with Crippen molar-refractivity contribution in [3.05, 3.63) is 23.8 Å². The highest BCUT2D eigenvalue weighted by Crippen LogP contribution is 2.28. The molecule has 0 aliphatic heterocycles. The molecule has 17 heavy (non-hydrogen) atoms. The van der Waals surface area contributed by atoms with E-state index in [1.807, 2.05) is 0 Å². The van der Waals surface area contributed by atoms with Gasteiger partial charge in [0.25, 0.3) is 5.91 Å². The van der Waals surface area contributed by atoms with Crippen LogP contribution >= 0.6 is 12.2 Å². The second-order valence-corrected chi connectivity index (χ2v) is 4.14. The molecular weight excluding hydrogens is 240 g/mol. The van der Waals surface area contributed by atoms with Crippen molar-refractivity contribution in [1.29, 1.82) is 0 Å². The van der Waals surface area contributed by atoms with Gasteiger partial charge in [0, 0.05) is 20.0 Å². The summed E-state index contributed by atoms with van der Waals surface area (Å²) in [6, 6.07) is 4.24. The number of benzene rings is 1. The van der Waals surface area contributed by atoms with Crippen LogP contribution < -0.4 is 5.73 Å². The fourth-order valence-electron chi connectivity index (χ4n) is 1.29. The van der Waals surface area contributed by atoms with Gasteiger partial charge in [-0.25, -0.2) is 0 Å². The number of phenolic OH excluding ortho intramolecular Hbond substituents is 2. The van der Waals surface area contributed by atoms with E-state index in [9.17, 15) is 15.0 Å². The van der Waals surface area contributed by atoms with Crippen LogP contribution in [0, 0.1) is 0 Å². The van der Waals surface area contributed by atoms with Gasteiger partial charge in [0.2, 0.25) is 0 Å². The first-order valence-electron chi connectivity index (χ1n) is 4.98. The Hall–Kier alpha value is -1.82. The predicted octanol–water partition coefficient (Wildman–Crippen LogP) is 0.846. The lowest BCUT2D eigenvalue weighted by atomic mass is 10.1. The topological polar surface area (TPSA) is 86.8 Å². The molecule has 5 nitrogen and oxygen atoms in total. The maximum Gasteiger partial charge on any atom is 0.257 e. The van der Waals surface area contributed by atoms with Crippen molar-refractivity contribution < 1.29 is 15.0 Å². The van der Waals surface area contributed by atoms with Crippen molar-refractivity contribution in [2.45, 2.75) is 6.42 Å². The standard InChI is InChI=1S/C11H14N2O3S/c1-13(6-5-9(12)17)11(16)7-3-2-4-8(14)10(7)15/h2-4,14-15H,5-6H2,1H3,(H2,12,17). The minimum atomic E-state index is -0.417. The Bertz CT molecular complexity index is 448. The number of nitrogens with zero attached hydrogens (tertiary/aromatic N) is 1. The quantitative estimate of drug-likeness (QED) is 0.547. The number of amides is 1. The van der Waals surface area contributed by atoms with Gasteiger partial charge >= 0.3 is 0 Å². The summed E-state index contributed by atoms with van der Waals surface area (Å²) in [6.07, 6.45) is 0.414. The third-order valence-corrected chi connectivity index (χ3v) is 2.49. The number of rotatable bonds is 4. The summed E-state index contributed by atoms with van der Waals surface area (Å²) in [7, 11) is 1.57. The highest BCUT2D eigenvalue weighted by Gasteiger charge is 2.17. The average Bonchev–Trinajstić information content (AvgIpc) is 2.28. The Morgan fingerprint density at radius 3 is 2.71 bits per heavy atom. The van der Waals surface area contributed by atoms with Crippen LogP contribution in [0.2, 0.25) is 0 Å². The van der Waals surface area contributed by atoms with Gasteiger partial charge in [0.15, 0.2) is 11.5 Å². The summed E-state index contributed by atoms with van der Waals surface area (Å²) in [6.45, 7) is 0.364. The molecular formula is C11H14N2O3S. The first-order valence-corrected chi connectivity index (χ1v) is 5.39. The monoisotopic (exact) mass is 254 g/mol. The van der Waals surface area contributed by atoms with Crippen molar-refractivity contribution in [3.63, 3.8) is 0 Å². The number of carbonyl (C=O) groups is 1. The summed E-state index contributed by atoms with van der Waals surface area (Å²) in [4.78, 5) is 13.6. The molecule has 1 amide bonds. The largest absolute Gasteiger partial charge is 0.504 e. The van der Waals surface area contributed by atoms with Crippen molar-refractivity contribution >= 4 is 23.1 Å². The lowest BCUT2D eigenvalue weighted by molar-refractivity contribution is 0.0795. The third-order valence-electron chi connectivity index (χ3n) is 2.29. The number of para-hydroxylation sites is 1. The van der Waals surface area contributed by atoms with Crippen molar-refractivity contribution in [2.24, 2.45) is 5.73 Å². The van der Waals surface area contributed by atoms with E-state index in [1.165, 1.54) is 23.1 Å². The fourth-order valence-corrected chi connectivity index (χ4v) is 1.38. The molecule has 1 aromatic carbocycles. The van der Waals surface area contributed by atoms with Crippen LogP contribution in [-0.4, -0.2) is 39.6 Å². The normalized spacial score (nSPS) is 9.94. The number of carbonyl (C=O) groups excluding carboxylic acids is 1. The molecule has 0 fully saturated rings. The Morgan fingerprint density at radius 1 is 1.47 bits per heavy atom. The molecule has 0 aromatic heterocycles. The Kier molecular flexibility index (Phi) is 4.28. The Labute approximate surface area is 104 Å². The smallest absolute Gasteiger partial charge is 0.257 e. The van der Waals surface area contributed by atoms with Gasteiger partial charge < -0.3 is 20.8 Å². The van der Waals surface area contributed by atoms with E-state index in [0.717, 1.165) is 0 Å². The van der Waals surface area contributed by atoms with E-state index in [2.05, 4.69) is 0 Å². The first kappa shape index (κ1) is 13.2. The van der Waals surface area contributed by atoms with Gasteiger partial charge in [-0.2, -0.15) is 0 Å². The Balaban J connectivity index is 2.82. The second kappa shape index (κ2) is 5.49. The lowest BCUT2D eigenvalue weighted by Gasteiger charge is -2.17. The number of phenols is 2. The summed E-state index contributed by atoms with van der Waals surface area (Å²) in [5.41, 5.74) is 5.39. The molecule has 0 atom stereocenters. The van der Waals surface area contributed by atoms with Gasteiger partial charge in [-0.05, 0) is 12.1 Å². The molecule has 0 bridgehead atoms. The lowest BCUT2D eigenvalue weighted by Crippen LogP contribution is -2.30. The molecule has 92 valence electrons. The minimum absolute atomic E-state index is 0.0513. The van der Waals surface area contributed by atoms with Crippen molar-refractivity contribution in [1.82, 2.24) is 4.90 Å². The maximum atomic E-state index is 11.9. The van der Waals surface area contributed by atoms with Crippen molar-refractivity contribution in [3.8, 4) is 11.5 Å². The van der Waals surface area contributed by atoms with E-state index in [1.54, 1.807) is 7.05 Å². The van der Waals surface area contributed by atoms with Gasteiger partial charge in [-0.3, -0.25) is 4.79 Å². The van der Waals surface area contributed by atoms with E-state index in [4.69, 9.17) is 18.0 Å². The van der Waals surface area contributed by atoms with E-state index >= 15 is 0 Å². The van der Waals surface area contributed by atoms with E-state index in [0.29, 0.717) is 18.0 Å². The summed E-state index contributed by atoms with van der Waals surface area (Å²) in [5, 5.41) is 18.8. The molecule has 0 heterocycles. The molecule has 1 rings (SSSR count). The number of hydrogen-bond donors (Lipinski definition) is 3. The summed E-state index contributed by atoms with van der Waals surface area (Å²) < 4.78 is 0. The van der Waals surface area contributed by atoms with Crippen LogP contribution in [0.15, 0.2) is 18.2 Å². The maximum absolute atomic E-state index is 11.9. The molecule has 6 heteroatoms. The minimum Gasteiger partial charge on any atom is -0.504 e. The Morgan fingerprint density at radius 2 is 2.12 bits per heavy atom. The molecule has 0 radical (unpaired) electrons. The molecule has 0 saturated carbocycles. The second-order valence-electron chi connectivity index (χ2n) is 3.62. The van der Waals surface area contributed by atoms with Crippen LogP contribution in [0.3, 0.4) is 0 Å². The molecule has 0 aliphatic carbocycles. The van der Waals surface area contributed by atoms with Crippen molar-refractivity contribution in [2.75, 3.05) is 13.6 Å².